The third-order valence-corrected chi connectivity index (χ3v) is 4.06. The summed E-state index contributed by atoms with van der Waals surface area (Å²) < 4.78 is 0. The Bertz CT molecular complexity index is 708. The van der Waals surface area contributed by atoms with Crippen molar-refractivity contribution in [3.63, 3.8) is 0 Å². The summed E-state index contributed by atoms with van der Waals surface area (Å²) >= 11 is 0. The summed E-state index contributed by atoms with van der Waals surface area (Å²) in [5.74, 6) is 0. The molecular weight excluding hydrogens is 276 g/mol. The van der Waals surface area contributed by atoms with E-state index < -0.39 is 0 Å². The number of fused-ring (bicyclic) bond motifs is 1. The first-order valence-electron chi connectivity index (χ1n) is 8.50. The lowest BCUT2D eigenvalue weighted by atomic mass is 9.90. The Balaban J connectivity index is 0.000000593. The molecule has 0 aromatic heterocycles. The van der Waals surface area contributed by atoms with Crippen LogP contribution in [0.5, 0.6) is 0 Å². The average Bonchev–Trinajstić information content (AvgIpc) is 2.59. The number of benzene rings is 2. The minimum atomic E-state index is 1.07. The Morgan fingerprint density at radius 1 is 0.739 bits per heavy atom. The Kier molecular flexibility index (Phi) is 8.11. The molecule has 0 nitrogen and oxygen atoms in total. The van der Waals surface area contributed by atoms with E-state index >= 15 is 0 Å². The smallest absolute Gasteiger partial charge is 0.0103 e. The van der Waals surface area contributed by atoms with Crippen LogP contribution in [0.2, 0.25) is 0 Å². The monoisotopic (exact) mass is 306 g/mol. The van der Waals surface area contributed by atoms with Crippen molar-refractivity contribution < 1.29 is 0 Å². The van der Waals surface area contributed by atoms with Crippen LogP contribution in [0.3, 0.4) is 0 Å². The summed E-state index contributed by atoms with van der Waals surface area (Å²) in [5, 5.41) is 2.70. The Morgan fingerprint density at radius 2 is 1.22 bits per heavy atom. The van der Waals surface area contributed by atoms with Gasteiger partial charge >= 0.3 is 0 Å². The first-order chi connectivity index (χ1) is 11.1. The molecule has 122 valence electrons. The molecule has 0 aliphatic carbocycles. The number of hydrogen-bond acceptors (Lipinski definition) is 0. The van der Waals surface area contributed by atoms with E-state index in [2.05, 4.69) is 76.3 Å². The van der Waals surface area contributed by atoms with Crippen molar-refractivity contribution in [3.05, 3.63) is 70.8 Å². The molecule has 0 atom stereocenters. The van der Waals surface area contributed by atoms with Gasteiger partial charge in [-0.1, -0.05) is 67.6 Å². The predicted molar refractivity (Wildman–Crippen MR) is 108 cm³/mol. The fraction of sp³-hybridized carbons (Fsp3) is 0.304. The summed E-state index contributed by atoms with van der Waals surface area (Å²) in [5.41, 5.74) is 5.48. The summed E-state index contributed by atoms with van der Waals surface area (Å²) in [4.78, 5) is 0. The first-order valence-corrected chi connectivity index (χ1v) is 8.50. The molecule has 0 spiro atoms. The second-order valence-electron chi connectivity index (χ2n) is 5.60. The van der Waals surface area contributed by atoms with Crippen LogP contribution in [0.1, 0.15) is 56.4 Å². The second-order valence-corrected chi connectivity index (χ2v) is 5.60. The van der Waals surface area contributed by atoms with Gasteiger partial charge in [0.25, 0.3) is 0 Å². The molecule has 0 amide bonds. The van der Waals surface area contributed by atoms with Gasteiger partial charge in [0.2, 0.25) is 0 Å². The average molecular weight is 306 g/mol. The molecule has 2 aromatic carbocycles. The Hall–Kier alpha value is -2.08. The highest BCUT2D eigenvalue weighted by Crippen LogP contribution is 2.31. The molecule has 2 rings (SSSR count). The Labute approximate surface area is 142 Å². The molecule has 2 aromatic rings. The first kappa shape index (κ1) is 19.0. The molecule has 0 heterocycles. The van der Waals surface area contributed by atoms with E-state index in [0.29, 0.717) is 0 Å². The highest BCUT2D eigenvalue weighted by Gasteiger charge is 2.10. The molecule has 0 N–H and O–H groups in total. The minimum absolute atomic E-state index is 1.07. The molecule has 0 radical (unpaired) electrons. The maximum absolute atomic E-state index is 2.27. The van der Waals surface area contributed by atoms with E-state index in [0.717, 1.165) is 6.42 Å². The third kappa shape index (κ3) is 4.69. The maximum atomic E-state index is 2.27. The number of hydrogen-bond donors (Lipinski definition) is 0. The number of rotatable bonds is 3. The van der Waals surface area contributed by atoms with E-state index in [-0.39, 0.29) is 0 Å². The van der Waals surface area contributed by atoms with Crippen LogP contribution < -0.4 is 0 Å². The van der Waals surface area contributed by atoms with Crippen LogP contribution in [-0.2, 0) is 0 Å². The van der Waals surface area contributed by atoms with Crippen LogP contribution in [0.25, 0.3) is 22.9 Å². The SMILES string of the molecule is C/C=C\c1c(C)c(C)c(/C=C\CC)c2ccccc12.CC=CC. The predicted octanol–water partition coefficient (Wildman–Crippen LogP) is 7.50. The Morgan fingerprint density at radius 3 is 1.61 bits per heavy atom. The van der Waals surface area contributed by atoms with Crippen molar-refractivity contribution >= 4 is 22.9 Å². The highest BCUT2D eigenvalue weighted by atomic mass is 14.1. The van der Waals surface area contributed by atoms with Gasteiger partial charge in [0, 0.05) is 0 Å². The molecular formula is C23H30. The fourth-order valence-corrected chi connectivity index (χ4v) is 2.59. The zero-order valence-corrected chi connectivity index (χ0v) is 15.5. The summed E-state index contributed by atoms with van der Waals surface area (Å²) in [6.07, 6.45) is 13.9. The zero-order valence-electron chi connectivity index (χ0n) is 15.5. The van der Waals surface area contributed by atoms with E-state index in [9.17, 15) is 0 Å². The van der Waals surface area contributed by atoms with Gasteiger partial charge in [0.15, 0.2) is 0 Å². The van der Waals surface area contributed by atoms with Gasteiger partial charge in [0.1, 0.15) is 0 Å². The molecule has 0 unspecified atom stereocenters. The normalized spacial score (nSPS) is 11.6. The van der Waals surface area contributed by atoms with Crippen molar-refractivity contribution in [2.75, 3.05) is 0 Å². The van der Waals surface area contributed by atoms with Gasteiger partial charge in [-0.15, -0.1) is 0 Å². The van der Waals surface area contributed by atoms with Crippen molar-refractivity contribution in [2.24, 2.45) is 0 Å². The molecule has 0 saturated heterocycles. The van der Waals surface area contributed by atoms with E-state index in [1.807, 2.05) is 26.0 Å². The summed E-state index contributed by atoms with van der Waals surface area (Å²) in [6.45, 7) is 12.7. The highest BCUT2D eigenvalue weighted by molar-refractivity contribution is 5.98. The molecule has 23 heavy (non-hydrogen) atoms. The lowest BCUT2D eigenvalue weighted by Gasteiger charge is -2.15. The molecule has 0 saturated carbocycles. The van der Waals surface area contributed by atoms with Gasteiger partial charge in [-0.2, -0.15) is 0 Å². The van der Waals surface area contributed by atoms with Crippen LogP contribution in [0.4, 0.5) is 0 Å². The van der Waals surface area contributed by atoms with E-state index in [1.165, 1.54) is 33.0 Å². The molecule has 0 bridgehead atoms. The quantitative estimate of drug-likeness (QED) is 0.515. The molecule has 0 aliphatic heterocycles. The topological polar surface area (TPSA) is 0 Å². The van der Waals surface area contributed by atoms with E-state index in [1.54, 1.807) is 0 Å². The van der Waals surface area contributed by atoms with Gasteiger partial charge in [-0.25, -0.2) is 0 Å². The van der Waals surface area contributed by atoms with Gasteiger partial charge in [0.05, 0.1) is 0 Å². The lowest BCUT2D eigenvalue weighted by Crippen LogP contribution is -1.94. The molecule has 0 fully saturated rings. The van der Waals surface area contributed by atoms with Crippen molar-refractivity contribution in [1.29, 1.82) is 0 Å². The number of allylic oxidation sites excluding steroid dienone is 4. The summed E-state index contributed by atoms with van der Waals surface area (Å²) in [7, 11) is 0. The van der Waals surface area contributed by atoms with Crippen LogP contribution in [0.15, 0.2) is 48.6 Å². The lowest BCUT2D eigenvalue weighted by molar-refractivity contribution is 1.23. The summed E-state index contributed by atoms with van der Waals surface area (Å²) in [6, 6.07) is 8.70. The van der Waals surface area contributed by atoms with Gasteiger partial charge < -0.3 is 0 Å². The second kappa shape index (κ2) is 9.84. The van der Waals surface area contributed by atoms with Crippen LogP contribution in [-0.4, -0.2) is 0 Å². The molecule has 0 aliphatic rings. The third-order valence-electron chi connectivity index (χ3n) is 4.06. The van der Waals surface area contributed by atoms with E-state index in [4.69, 9.17) is 0 Å². The van der Waals surface area contributed by atoms with Crippen molar-refractivity contribution in [2.45, 2.75) is 48.0 Å². The zero-order chi connectivity index (χ0) is 17.2. The van der Waals surface area contributed by atoms with Crippen molar-refractivity contribution in [1.82, 2.24) is 0 Å². The largest absolute Gasteiger partial charge is 0.0919 e. The fourth-order valence-electron chi connectivity index (χ4n) is 2.59. The molecule has 0 heteroatoms. The van der Waals surface area contributed by atoms with Crippen LogP contribution in [0, 0.1) is 13.8 Å². The van der Waals surface area contributed by atoms with Gasteiger partial charge in [-0.3, -0.25) is 0 Å². The van der Waals surface area contributed by atoms with Gasteiger partial charge in [-0.05, 0) is 74.1 Å². The minimum Gasteiger partial charge on any atom is -0.0919 e. The maximum Gasteiger partial charge on any atom is -0.0103 e. The van der Waals surface area contributed by atoms with Crippen LogP contribution >= 0.6 is 0 Å². The van der Waals surface area contributed by atoms with Crippen molar-refractivity contribution in [3.8, 4) is 0 Å². The standard InChI is InChI=1S/C19H22.C4H8/c1-5-7-11-17-15(4)14(3)16(10-6-2)18-12-8-9-13-19(17)18;1-3-4-2/h6-13H,5H2,1-4H3;3-4H,1-2H3/b10-6-,11-7-;.